The summed E-state index contributed by atoms with van der Waals surface area (Å²) in [4.78, 5) is 34.9. The quantitative estimate of drug-likeness (QED) is 0.0328. The highest BCUT2D eigenvalue weighted by Crippen LogP contribution is 2.52. The van der Waals surface area contributed by atoms with Crippen LogP contribution in [0.2, 0.25) is 0 Å². The van der Waals surface area contributed by atoms with Crippen molar-refractivity contribution in [2.75, 3.05) is 0 Å². The molecule has 0 N–H and O–H groups in total. The molecule has 7 rings (SSSR count). The monoisotopic (exact) mass is 995 g/mol. The fraction of sp³-hybridized carbons (Fsp3) is 0.600. The van der Waals surface area contributed by atoms with Gasteiger partial charge in [-0.05, 0) is 91.5 Å². The number of fused-ring (bicyclic) bond motifs is 3. The first kappa shape index (κ1) is 52.8. The van der Waals surface area contributed by atoms with Gasteiger partial charge >= 0.3 is 11.9 Å². The maximum atomic E-state index is 13.6. The minimum absolute atomic E-state index is 0.177. The van der Waals surface area contributed by atoms with Crippen LogP contribution in [0.5, 0.6) is 0 Å². The zero-order valence-electron chi connectivity index (χ0n) is 43.1. The molecule has 68 heavy (non-hydrogen) atoms. The average Bonchev–Trinajstić information content (AvgIpc) is 4.18. The Bertz CT molecular complexity index is 2590. The summed E-state index contributed by atoms with van der Waals surface area (Å²) in [6.45, 7) is 18.1. The van der Waals surface area contributed by atoms with Crippen molar-refractivity contribution in [3.05, 3.63) is 78.8 Å². The van der Waals surface area contributed by atoms with Crippen LogP contribution in [0.15, 0.2) is 36.4 Å². The molecule has 0 amide bonds. The molecular weight excluding hydrogens is 913 g/mol. The number of esters is 2. The SMILES string of the molecule is CCCCCCCCCCCCc1c(-c2ccc(C3=c4cc5c(cc4C(=O)O3)=C(C(C)(C)CCC)OC5=O)s2)sc2c(CCCCCCCCCCCC)c(-c3ccc(C(C)(C)CCC)s3)sc12. The van der Waals surface area contributed by atoms with Crippen molar-refractivity contribution in [2.45, 2.75) is 228 Å². The number of aryl methyl sites for hydroxylation is 2. The fourth-order valence-electron chi connectivity index (χ4n) is 10.8. The molecule has 0 fully saturated rings. The van der Waals surface area contributed by atoms with E-state index in [0.717, 1.165) is 35.8 Å². The summed E-state index contributed by atoms with van der Waals surface area (Å²) < 4.78 is 15.0. The van der Waals surface area contributed by atoms with Crippen LogP contribution in [-0.2, 0) is 27.7 Å². The van der Waals surface area contributed by atoms with Gasteiger partial charge in [-0.3, -0.25) is 0 Å². The van der Waals surface area contributed by atoms with Crippen molar-refractivity contribution in [3.63, 3.8) is 0 Å². The molecule has 0 saturated heterocycles. The van der Waals surface area contributed by atoms with Crippen LogP contribution in [0.4, 0.5) is 0 Å². The summed E-state index contributed by atoms with van der Waals surface area (Å²) in [6.07, 6.45) is 33.1. The van der Waals surface area contributed by atoms with Crippen molar-refractivity contribution >= 4 is 78.2 Å². The van der Waals surface area contributed by atoms with Gasteiger partial charge < -0.3 is 9.47 Å². The van der Waals surface area contributed by atoms with Crippen LogP contribution in [0, 0.1) is 5.41 Å². The van der Waals surface area contributed by atoms with Crippen LogP contribution in [0.3, 0.4) is 0 Å². The molecule has 0 atom stereocenters. The third kappa shape index (κ3) is 12.5. The number of unbranched alkanes of at least 4 members (excludes halogenated alkanes) is 18. The molecule has 0 saturated carbocycles. The Labute approximate surface area is 426 Å². The fourth-order valence-corrected chi connectivity index (χ4v) is 16.2. The predicted octanol–water partition coefficient (Wildman–Crippen LogP) is 18.9. The minimum Gasteiger partial charge on any atom is -0.426 e. The average molecular weight is 996 g/mol. The molecule has 0 radical (unpaired) electrons. The van der Waals surface area contributed by atoms with Crippen LogP contribution >= 0.6 is 45.3 Å². The number of rotatable bonds is 31. The van der Waals surface area contributed by atoms with E-state index >= 15 is 0 Å². The first-order valence-corrected chi connectivity index (χ1v) is 30.3. The van der Waals surface area contributed by atoms with Gasteiger partial charge in [0.2, 0.25) is 0 Å². The molecule has 0 bridgehead atoms. The van der Waals surface area contributed by atoms with E-state index in [4.69, 9.17) is 9.47 Å². The molecule has 4 aromatic heterocycles. The van der Waals surface area contributed by atoms with Gasteiger partial charge in [-0.15, -0.1) is 45.3 Å². The van der Waals surface area contributed by atoms with Gasteiger partial charge in [-0.2, -0.15) is 0 Å². The van der Waals surface area contributed by atoms with Crippen LogP contribution < -0.4 is 10.4 Å². The predicted molar refractivity (Wildman–Crippen MR) is 296 cm³/mol. The molecule has 2 aliphatic rings. The molecule has 2 aliphatic heterocycles. The van der Waals surface area contributed by atoms with Gasteiger partial charge in [0, 0.05) is 49.6 Å². The van der Waals surface area contributed by atoms with E-state index in [-0.39, 0.29) is 22.8 Å². The zero-order valence-corrected chi connectivity index (χ0v) is 46.4. The topological polar surface area (TPSA) is 52.6 Å². The molecule has 8 heteroatoms. The molecule has 0 spiro atoms. The van der Waals surface area contributed by atoms with Gasteiger partial charge in [-0.1, -0.05) is 184 Å². The summed E-state index contributed by atoms with van der Waals surface area (Å²) in [5.41, 5.74) is 3.95. The minimum atomic E-state index is -0.364. The normalized spacial score (nSPS) is 13.9. The number of hydrogen-bond donors (Lipinski definition) is 0. The standard InChI is InChI=1S/C60H82O4S4/c1-9-13-15-17-19-21-23-25-27-29-31-41-52(48-34-33-47(65-48)51-43-39-46-44(40-45(43)57(61)63-51)56(64-58(46)62)60(7,8)38-12-4)67-55-42(32-30-28-26-24-22-20-18-16-14-10-2)53(68-54(41)55)49-35-36-50(66-49)59(5,6)37-11-3/h33-36,39-40H,9-32,37-38H2,1-8H3. The molecule has 370 valence electrons. The van der Waals surface area contributed by atoms with Gasteiger partial charge in [0.1, 0.15) is 5.76 Å². The number of carbonyl (C=O) groups is 2. The van der Waals surface area contributed by atoms with Crippen molar-refractivity contribution in [2.24, 2.45) is 5.41 Å². The number of benzene rings is 1. The first-order chi connectivity index (χ1) is 32.9. The lowest BCUT2D eigenvalue weighted by Crippen LogP contribution is -2.23. The molecule has 6 heterocycles. The Morgan fingerprint density at radius 1 is 0.441 bits per heavy atom. The lowest BCUT2D eigenvalue weighted by Gasteiger charge is -2.24. The molecular formula is C60H82O4S4. The third-order valence-electron chi connectivity index (χ3n) is 14.7. The van der Waals surface area contributed by atoms with Crippen LogP contribution in [-0.4, -0.2) is 11.9 Å². The van der Waals surface area contributed by atoms with Crippen LogP contribution in [0.25, 0.3) is 40.4 Å². The maximum absolute atomic E-state index is 13.6. The smallest absolute Gasteiger partial charge is 0.344 e. The first-order valence-electron chi connectivity index (χ1n) is 27.1. The molecule has 0 aliphatic carbocycles. The summed E-state index contributed by atoms with van der Waals surface area (Å²) in [7, 11) is 0. The largest absolute Gasteiger partial charge is 0.426 e. The summed E-state index contributed by atoms with van der Waals surface area (Å²) in [5, 5.41) is 1.41. The van der Waals surface area contributed by atoms with E-state index in [0.29, 0.717) is 27.9 Å². The highest BCUT2D eigenvalue weighted by atomic mass is 32.1. The van der Waals surface area contributed by atoms with Gasteiger partial charge in [0.25, 0.3) is 0 Å². The molecule has 0 unspecified atom stereocenters. The Balaban J connectivity index is 1.22. The van der Waals surface area contributed by atoms with E-state index in [1.165, 1.54) is 181 Å². The highest BCUT2D eigenvalue weighted by Gasteiger charge is 2.36. The zero-order chi connectivity index (χ0) is 48.3. The second-order valence-corrected chi connectivity index (χ2v) is 25.5. The Morgan fingerprint density at radius 3 is 1.40 bits per heavy atom. The summed E-state index contributed by atoms with van der Waals surface area (Å²) in [5.74, 6) is 0.498. The Morgan fingerprint density at radius 2 is 0.868 bits per heavy atom. The lowest BCUT2D eigenvalue weighted by atomic mass is 9.84. The van der Waals surface area contributed by atoms with Crippen molar-refractivity contribution in [1.82, 2.24) is 0 Å². The van der Waals surface area contributed by atoms with E-state index in [1.807, 2.05) is 34.8 Å². The van der Waals surface area contributed by atoms with E-state index < -0.39 is 0 Å². The maximum Gasteiger partial charge on any atom is 0.344 e. The molecule has 5 aromatic rings. The number of thiophene rings is 4. The highest BCUT2D eigenvalue weighted by molar-refractivity contribution is 7.34. The van der Waals surface area contributed by atoms with E-state index in [9.17, 15) is 9.59 Å². The second kappa shape index (κ2) is 24.9. The number of ether oxygens (including phenoxy) is 2. The molecule has 4 nitrogen and oxygen atoms in total. The second-order valence-electron chi connectivity index (χ2n) is 21.3. The Kier molecular flexibility index (Phi) is 19.3. The van der Waals surface area contributed by atoms with Crippen molar-refractivity contribution < 1.29 is 19.1 Å². The molecule has 1 aromatic carbocycles. The van der Waals surface area contributed by atoms with Crippen LogP contribution in [0.1, 0.15) is 251 Å². The Hall–Kier alpha value is -3.04. The number of hydrogen-bond acceptors (Lipinski definition) is 8. The van der Waals surface area contributed by atoms with Gasteiger partial charge in [-0.25, -0.2) is 9.59 Å². The van der Waals surface area contributed by atoms with Crippen molar-refractivity contribution in [3.8, 4) is 19.5 Å². The van der Waals surface area contributed by atoms with E-state index in [2.05, 4.69) is 91.0 Å². The van der Waals surface area contributed by atoms with Crippen molar-refractivity contribution in [1.29, 1.82) is 0 Å². The van der Waals surface area contributed by atoms with Gasteiger partial charge in [0.05, 0.1) is 16.0 Å². The summed E-state index contributed by atoms with van der Waals surface area (Å²) >= 11 is 7.83. The lowest BCUT2D eigenvalue weighted by molar-refractivity contribution is 0.0668. The van der Waals surface area contributed by atoms with Gasteiger partial charge in [0.15, 0.2) is 5.76 Å². The number of carbonyl (C=O) groups excluding carboxylic acids is 2. The van der Waals surface area contributed by atoms with E-state index in [1.54, 1.807) is 16.9 Å². The number of cyclic esters (lactones) is 2. The summed E-state index contributed by atoms with van der Waals surface area (Å²) in [6, 6.07) is 12.9. The third-order valence-corrected chi connectivity index (χ3v) is 20.3.